The topological polar surface area (TPSA) is 113 Å². The molecule has 3 rings (SSSR count). The van der Waals surface area contributed by atoms with E-state index in [0.717, 1.165) is 0 Å². The first-order valence-electron chi connectivity index (χ1n) is 8.88. The van der Waals surface area contributed by atoms with Crippen LogP contribution in [0, 0.1) is 0 Å². The van der Waals surface area contributed by atoms with Gasteiger partial charge in [-0.25, -0.2) is 8.42 Å². The molecule has 29 heavy (non-hydrogen) atoms. The van der Waals surface area contributed by atoms with E-state index in [-0.39, 0.29) is 15.5 Å². The molecule has 3 N–H and O–H groups in total. The summed E-state index contributed by atoms with van der Waals surface area (Å²) >= 11 is 6.15. The number of benzene rings is 2. The molecule has 1 saturated heterocycles. The number of nitrogens with one attached hydrogen (secondary N) is 1. The smallest absolute Gasteiger partial charge is 0.255 e. The molecule has 0 atom stereocenters. The number of hydrogen-bond acceptors (Lipinski definition) is 5. The van der Waals surface area contributed by atoms with Gasteiger partial charge in [-0.05, 0) is 49.5 Å². The van der Waals surface area contributed by atoms with Gasteiger partial charge in [-0.2, -0.15) is 4.31 Å². The number of carbonyl (C=O) groups is 2. The van der Waals surface area contributed by atoms with E-state index in [1.165, 1.54) is 46.8 Å². The van der Waals surface area contributed by atoms with E-state index < -0.39 is 21.8 Å². The van der Waals surface area contributed by atoms with Gasteiger partial charge in [0.25, 0.3) is 5.91 Å². The summed E-state index contributed by atoms with van der Waals surface area (Å²) in [7, 11) is -1.89. The molecule has 10 heteroatoms. The monoisotopic (exact) mass is 436 g/mol. The number of anilines is 1. The van der Waals surface area contributed by atoms with E-state index in [2.05, 4.69) is 5.32 Å². The number of halogens is 1. The summed E-state index contributed by atoms with van der Waals surface area (Å²) in [6.45, 7) is 1.96. The molecule has 0 radical (unpaired) electrons. The largest absolute Gasteiger partial charge is 0.366 e. The lowest BCUT2D eigenvalue weighted by atomic mass is 10.1. The Morgan fingerprint density at radius 1 is 1.00 bits per heavy atom. The van der Waals surface area contributed by atoms with Crippen LogP contribution >= 0.6 is 11.6 Å². The van der Waals surface area contributed by atoms with Gasteiger partial charge in [0.2, 0.25) is 15.9 Å². The first-order chi connectivity index (χ1) is 13.7. The van der Waals surface area contributed by atoms with Crippen molar-refractivity contribution in [3.63, 3.8) is 0 Å². The van der Waals surface area contributed by atoms with Crippen molar-refractivity contribution in [2.45, 2.75) is 4.90 Å². The van der Waals surface area contributed by atoms with Crippen molar-refractivity contribution in [2.75, 3.05) is 38.5 Å². The molecule has 154 valence electrons. The zero-order chi connectivity index (χ0) is 21.2. The Bertz CT molecular complexity index is 1030. The highest BCUT2D eigenvalue weighted by Gasteiger charge is 2.30. The maximum Gasteiger partial charge on any atom is 0.255 e. The van der Waals surface area contributed by atoms with E-state index in [4.69, 9.17) is 17.3 Å². The van der Waals surface area contributed by atoms with Crippen LogP contribution in [0.5, 0.6) is 0 Å². The molecule has 1 heterocycles. The van der Waals surface area contributed by atoms with Crippen LogP contribution in [0.15, 0.2) is 47.4 Å². The fourth-order valence-electron chi connectivity index (χ4n) is 2.93. The summed E-state index contributed by atoms with van der Waals surface area (Å²) in [5.41, 5.74) is 6.11. The van der Waals surface area contributed by atoms with Gasteiger partial charge in [-0.1, -0.05) is 11.6 Å². The molecular formula is C19H21ClN4O4S. The first-order valence-corrected chi connectivity index (χ1v) is 10.7. The number of piperazine rings is 1. The number of primary amides is 1. The maximum absolute atomic E-state index is 13.0. The number of amides is 2. The Morgan fingerprint density at radius 3 is 2.17 bits per heavy atom. The molecule has 0 aliphatic carbocycles. The number of nitrogens with two attached hydrogens (primary N) is 1. The number of carbonyl (C=O) groups excluding carboxylic acids is 2. The second kappa shape index (κ2) is 8.50. The Morgan fingerprint density at radius 2 is 1.59 bits per heavy atom. The summed E-state index contributed by atoms with van der Waals surface area (Å²) in [4.78, 5) is 25.7. The highest BCUT2D eigenvalue weighted by Crippen LogP contribution is 2.27. The molecule has 0 unspecified atom stereocenters. The Kier molecular flexibility index (Phi) is 6.23. The van der Waals surface area contributed by atoms with Crippen LogP contribution in [0.2, 0.25) is 5.02 Å². The fourth-order valence-corrected chi connectivity index (χ4v) is 4.85. The summed E-state index contributed by atoms with van der Waals surface area (Å²) in [5, 5.41) is 2.72. The summed E-state index contributed by atoms with van der Waals surface area (Å²) in [6, 6.07) is 10.2. The highest BCUT2D eigenvalue weighted by molar-refractivity contribution is 7.89. The van der Waals surface area contributed by atoms with E-state index in [1.54, 1.807) is 0 Å². The molecule has 2 amide bonds. The molecule has 8 nitrogen and oxygen atoms in total. The first kappa shape index (κ1) is 21.3. The van der Waals surface area contributed by atoms with Crippen molar-refractivity contribution in [1.29, 1.82) is 0 Å². The van der Waals surface area contributed by atoms with Gasteiger partial charge in [0.05, 0.1) is 5.02 Å². The molecule has 2 aromatic carbocycles. The SMILES string of the molecule is CN1CCN(S(=O)(=O)c2cc(C(=O)Nc3ccc(C(N)=O)cc3)ccc2Cl)CC1. The minimum Gasteiger partial charge on any atom is -0.366 e. The number of nitrogens with zero attached hydrogens (tertiary/aromatic N) is 2. The predicted molar refractivity (Wildman–Crippen MR) is 111 cm³/mol. The lowest BCUT2D eigenvalue weighted by Crippen LogP contribution is -2.47. The van der Waals surface area contributed by atoms with Gasteiger partial charge in [-0.3, -0.25) is 9.59 Å². The molecule has 2 aromatic rings. The zero-order valence-corrected chi connectivity index (χ0v) is 17.3. The third-order valence-electron chi connectivity index (χ3n) is 4.70. The lowest BCUT2D eigenvalue weighted by Gasteiger charge is -2.31. The van der Waals surface area contributed by atoms with Crippen LogP contribution < -0.4 is 11.1 Å². The Hall–Kier alpha value is -2.46. The molecule has 1 aliphatic heterocycles. The van der Waals surface area contributed by atoms with Crippen molar-refractivity contribution >= 4 is 39.1 Å². The molecule has 1 fully saturated rings. The highest BCUT2D eigenvalue weighted by atomic mass is 35.5. The third-order valence-corrected chi connectivity index (χ3v) is 7.08. The predicted octanol–water partition coefficient (Wildman–Crippen LogP) is 1.63. The number of likely N-dealkylation sites (N-methyl/N-ethyl adjacent to an activating group) is 1. The van der Waals surface area contributed by atoms with Gasteiger partial charge in [0, 0.05) is 43.0 Å². The third kappa shape index (κ3) is 4.76. The quantitative estimate of drug-likeness (QED) is 0.739. The summed E-state index contributed by atoms with van der Waals surface area (Å²) in [5.74, 6) is -1.07. The standard InChI is InChI=1S/C19H21ClN4O4S/c1-23-8-10-24(11-9-23)29(27,28)17-12-14(4-7-16(17)20)19(26)22-15-5-2-13(3-6-15)18(21)25/h2-7,12H,8-11H2,1H3,(H2,21,25)(H,22,26). The van der Waals surface area contributed by atoms with E-state index >= 15 is 0 Å². The van der Waals surface area contributed by atoms with Gasteiger partial charge >= 0.3 is 0 Å². The second-order valence-corrected chi connectivity index (χ2v) is 9.06. The van der Waals surface area contributed by atoms with E-state index in [1.807, 2.05) is 11.9 Å². The number of hydrogen-bond donors (Lipinski definition) is 2. The lowest BCUT2D eigenvalue weighted by molar-refractivity contribution is 0.0998. The van der Waals surface area contributed by atoms with Gasteiger partial charge in [-0.15, -0.1) is 0 Å². The average molecular weight is 437 g/mol. The molecular weight excluding hydrogens is 416 g/mol. The maximum atomic E-state index is 13.0. The summed E-state index contributed by atoms with van der Waals surface area (Å²) in [6.07, 6.45) is 0. The molecule has 1 aliphatic rings. The summed E-state index contributed by atoms with van der Waals surface area (Å²) < 4.78 is 27.4. The van der Waals surface area contributed by atoms with Crippen LogP contribution in [0.25, 0.3) is 0 Å². The molecule has 0 spiro atoms. The Labute approximate surface area is 174 Å². The normalized spacial score (nSPS) is 15.8. The van der Waals surface area contributed by atoms with Crippen LogP contribution in [0.3, 0.4) is 0 Å². The minimum absolute atomic E-state index is 0.0614. The van der Waals surface area contributed by atoms with E-state index in [0.29, 0.717) is 37.4 Å². The van der Waals surface area contributed by atoms with Crippen LogP contribution in [-0.4, -0.2) is 62.7 Å². The molecule has 0 aromatic heterocycles. The van der Waals surface area contributed by atoms with Crippen molar-refractivity contribution in [3.8, 4) is 0 Å². The van der Waals surface area contributed by atoms with Crippen molar-refractivity contribution in [2.24, 2.45) is 5.73 Å². The van der Waals surface area contributed by atoms with Crippen LogP contribution in [0.1, 0.15) is 20.7 Å². The Balaban J connectivity index is 1.82. The second-order valence-electron chi connectivity index (χ2n) is 6.75. The van der Waals surface area contributed by atoms with Gasteiger partial charge in [0.1, 0.15) is 4.90 Å². The van der Waals surface area contributed by atoms with Crippen molar-refractivity contribution in [3.05, 3.63) is 58.6 Å². The van der Waals surface area contributed by atoms with Gasteiger partial charge < -0.3 is 16.0 Å². The fraction of sp³-hybridized carbons (Fsp3) is 0.263. The molecule has 0 saturated carbocycles. The van der Waals surface area contributed by atoms with Crippen molar-refractivity contribution in [1.82, 2.24) is 9.21 Å². The van der Waals surface area contributed by atoms with E-state index in [9.17, 15) is 18.0 Å². The molecule has 0 bridgehead atoms. The van der Waals surface area contributed by atoms with Crippen molar-refractivity contribution < 1.29 is 18.0 Å². The van der Waals surface area contributed by atoms with Crippen LogP contribution in [-0.2, 0) is 10.0 Å². The average Bonchev–Trinajstić information content (AvgIpc) is 2.69. The number of rotatable bonds is 5. The zero-order valence-electron chi connectivity index (χ0n) is 15.8. The van der Waals surface area contributed by atoms with Gasteiger partial charge in [0.15, 0.2) is 0 Å². The number of sulfonamides is 1. The minimum atomic E-state index is -3.82. The van der Waals surface area contributed by atoms with Crippen LogP contribution in [0.4, 0.5) is 5.69 Å².